The van der Waals surface area contributed by atoms with Crippen LogP contribution in [0.25, 0.3) is 0 Å². The fourth-order valence-corrected chi connectivity index (χ4v) is 1.73. The molecule has 0 spiro atoms. The van der Waals surface area contributed by atoms with Crippen molar-refractivity contribution in [3.05, 3.63) is 27.7 Å². The van der Waals surface area contributed by atoms with Gasteiger partial charge in [0.05, 0.1) is 6.61 Å². The van der Waals surface area contributed by atoms with E-state index in [0.29, 0.717) is 13.2 Å². The highest BCUT2D eigenvalue weighted by Gasteiger charge is 2.10. The molecule has 16 heavy (non-hydrogen) atoms. The normalized spacial score (nSPS) is 12.6. The zero-order chi connectivity index (χ0) is 12.1. The SMILES string of the molecule is COCC(CN)Oc1cc(C)c(Br)c(C)c1. The average molecular weight is 288 g/mol. The van der Waals surface area contributed by atoms with Crippen molar-refractivity contribution in [2.45, 2.75) is 20.0 Å². The van der Waals surface area contributed by atoms with Crippen molar-refractivity contribution in [2.24, 2.45) is 5.73 Å². The van der Waals surface area contributed by atoms with E-state index in [1.807, 2.05) is 26.0 Å². The molecule has 0 saturated carbocycles. The molecule has 0 bridgehead atoms. The third-order valence-electron chi connectivity index (χ3n) is 2.33. The Bertz CT molecular complexity index is 332. The molecule has 90 valence electrons. The van der Waals surface area contributed by atoms with E-state index in [-0.39, 0.29) is 6.10 Å². The van der Waals surface area contributed by atoms with Gasteiger partial charge in [-0.05, 0) is 37.1 Å². The van der Waals surface area contributed by atoms with E-state index in [1.165, 1.54) is 0 Å². The van der Waals surface area contributed by atoms with Crippen LogP contribution in [0.2, 0.25) is 0 Å². The predicted molar refractivity (Wildman–Crippen MR) is 69.0 cm³/mol. The standard InChI is InChI=1S/C12H18BrNO2/c1-8-4-10(5-9(2)12(8)13)16-11(6-14)7-15-3/h4-5,11H,6-7,14H2,1-3H3. The van der Waals surface area contributed by atoms with Gasteiger partial charge in [0.1, 0.15) is 11.9 Å². The second-order valence-electron chi connectivity index (χ2n) is 3.80. The summed E-state index contributed by atoms with van der Waals surface area (Å²) in [5.74, 6) is 0.839. The Kier molecular flexibility index (Phi) is 5.25. The Balaban J connectivity index is 2.80. The first-order chi connectivity index (χ1) is 7.58. The number of rotatable bonds is 5. The summed E-state index contributed by atoms with van der Waals surface area (Å²) in [6, 6.07) is 3.99. The molecule has 1 atom stereocenters. The number of hydrogen-bond donors (Lipinski definition) is 1. The summed E-state index contributed by atoms with van der Waals surface area (Å²) in [5, 5.41) is 0. The second-order valence-corrected chi connectivity index (χ2v) is 4.59. The van der Waals surface area contributed by atoms with Gasteiger partial charge < -0.3 is 15.2 Å². The lowest BCUT2D eigenvalue weighted by molar-refractivity contribution is 0.0859. The number of nitrogens with two attached hydrogens (primary N) is 1. The Labute approximate surface area is 105 Å². The topological polar surface area (TPSA) is 44.5 Å². The molecular weight excluding hydrogens is 270 g/mol. The van der Waals surface area contributed by atoms with Gasteiger partial charge in [0, 0.05) is 18.1 Å². The minimum absolute atomic E-state index is 0.0926. The third-order valence-corrected chi connectivity index (χ3v) is 3.58. The number of aryl methyl sites for hydroxylation is 2. The highest BCUT2D eigenvalue weighted by Crippen LogP contribution is 2.26. The van der Waals surface area contributed by atoms with E-state index in [1.54, 1.807) is 7.11 Å². The van der Waals surface area contributed by atoms with Gasteiger partial charge in [0.2, 0.25) is 0 Å². The Hall–Kier alpha value is -0.580. The molecule has 1 rings (SSSR count). The molecule has 0 amide bonds. The van der Waals surface area contributed by atoms with Crippen LogP contribution in [-0.4, -0.2) is 26.4 Å². The van der Waals surface area contributed by atoms with Crippen molar-refractivity contribution in [2.75, 3.05) is 20.3 Å². The van der Waals surface area contributed by atoms with E-state index < -0.39 is 0 Å². The minimum atomic E-state index is -0.0926. The maximum absolute atomic E-state index is 5.75. The fraction of sp³-hybridized carbons (Fsp3) is 0.500. The van der Waals surface area contributed by atoms with Crippen LogP contribution in [0, 0.1) is 13.8 Å². The van der Waals surface area contributed by atoms with Crippen LogP contribution in [0.4, 0.5) is 0 Å². The van der Waals surface area contributed by atoms with Crippen molar-refractivity contribution >= 4 is 15.9 Å². The lowest BCUT2D eigenvalue weighted by Crippen LogP contribution is -2.31. The van der Waals surface area contributed by atoms with Gasteiger partial charge in [0.15, 0.2) is 0 Å². The largest absolute Gasteiger partial charge is 0.487 e. The number of benzene rings is 1. The minimum Gasteiger partial charge on any atom is -0.487 e. The fourth-order valence-electron chi connectivity index (χ4n) is 1.50. The zero-order valence-corrected chi connectivity index (χ0v) is 11.5. The number of halogens is 1. The molecule has 1 unspecified atom stereocenters. The third kappa shape index (κ3) is 3.47. The van der Waals surface area contributed by atoms with E-state index in [9.17, 15) is 0 Å². The number of ether oxygens (including phenoxy) is 2. The van der Waals surface area contributed by atoms with E-state index >= 15 is 0 Å². The lowest BCUT2D eigenvalue weighted by atomic mass is 10.1. The number of hydrogen-bond acceptors (Lipinski definition) is 3. The Morgan fingerprint density at radius 3 is 2.31 bits per heavy atom. The first kappa shape index (κ1) is 13.5. The highest BCUT2D eigenvalue weighted by molar-refractivity contribution is 9.10. The van der Waals surface area contributed by atoms with Crippen molar-refractivity contribution in [1.82, 2.24) is 0 Å². The van der Waals surface area contributed by atoms with Crippen molar-refractivity contribution in [1.29, 1.82) is 0 Å². The molecule has 0 aromatic heterocycles. The molecule has 0 radical (unpaired) electrons. The molecule has 2 N–H and O–H groups in total. The van der Waals surface area contributed by atoms with Crippen molar-refractivity contribution in [3.8, 4) is 5.75 Å². The summed E-state index contributed by atoms with van der Waals surface area (Å²) in [5.41, 5.74) is 7.91. The van der Waals surface area contributed by atoms with Gasteiger partial charge in [-0.25, -0.2) is 0 Å². The predicted octanol–water partition coefficient (Wildman–Crippen LogP) is 2.42. The number of methoxy groups -OCH3 is 1. The molecule has 3 nitrogen and oxygen atoms in total. The van der Waals surface area contributed by atoms with Crippen molar-refractivity contribution < 1.29 is 9.47 Å². The molecule has 0 fully saturated rings. The summed E-state index contributed by atoms with van der Waals surface area (Å²) < 4.78 is 11.9. The van der Waals surface area contributed by atoms with Crippen LogP contribution in [-0.2, 0) is 4.74 Å². The second kappa shape index (κ2) is 6.23. The van der Waals surface area contributed by atoms with Crippen LogP contribution >= 0.6 is 15.9 Å². The summed E-state index contributed by atoms with van der Waals surface area (Å²) in [4.78, 5) is 0. The molecule has 0 aliphatic carbocycles. The first-order valence-electron chi connectivity index (χ1n) is 5.21. The summed E-state index contributed by atoms with van der Waals surface area (Å²) in [6.07, 6.45) is -0.0926. The van der Waals surface area contributed by atoms with Crippen LogP contribution in [0.5, 0.6) is 5.75 Å². The maximum atomic E-state index is 5.75. The Morgan fingerprint density at radius 2 is 1.88 bits per heavy atom. The van der Waals surface area contributed by atoms with Gasteiger partial charge in [-0.1, -0.05) is 15.9 Å². The van der Waals surface area contributed by atoms with Gasteiger partial charge in [-0.15, -0.1) is 0 Å². The monoisotopic (exact) mass is 287 g/mol. The molecule has 0 aliphatic heterocycles. The Morgan fingerprint density at radius 1 is 1.31 bits per heavy atom. The summed E-state index contributed by atoms with van der Waals surface area (Å²) >= 11 is 3.52. The van der Waals surface area contributed by atoms with Gasteiger partial charge in [0.25, 0.3) is 0 Å². The summed E-state index contributed by atoms with van der Waals surface area (Å²) in [7, 11) is 1.64. The average Bonchev–Trinajstić information content (AvgIpc) is 2.25. The van der Waals surface area contributed by atoms with E-state index in [4.69, 9.17) is 15.2 Å². The quantitative estimate of drug-likeness (QED) is 0.905. The summed E-state index contributed by atoms with van der Waals surface area (Å²) in [6.45, 7) is 5.03. The first-order valence-corrected chi connectivity index (χ1v) is 6.00. The van der Waals surface area contributed by atoms with Crippen LogP contribution in [0.1, 0.15) is 11.1 Å². The highest BCUT2D eigenvalue weighted by atomic mass is 79.9. The van der Waals surface area contributed by atoms with Crippen LogP contribution in [0.15, 0.2) is 16.6 Å². The van der Waals surface area contributed by atoms with Crippen molar-refractivity contribution in [3.63, 3.8) is 0 Å². The van der Waals surface area contributed by atoms with Gasteiger partial charge in [-0.2, -0.15) is 0 Å². The molecule has 0 aliphatic rings. The lowest BCUT2D eigenvalue weighted by Gasteiger charge is -2.17. The molecular formula is C12H18BrNO2. The smallest absolute Gasteiger partial charge is 0.134 e. The van der Waals surface area contributed by atoms with E-state index in [0.717, 1.165) is 21.3 Å². The zero-order valence-electron chi connectivity index (χ0n) is 9.92. The molecule has 4 heteroatoms. The molecule has 0 saturated heterocycles. The van der Waals surface area contributed by atoms with Gasteiger partial charge >= 0.3 is 0 Å². The molecule has 1 aromatic carbocycles. The molecule has 0 heterocycles. The molecule has 1 aromatic rings. The van der Waals surface area contributed by atoms with Gasteiger partial charge in [-0.3, -0.25) is 0 Å². The maximum Gasteiger partial charge on any atom is 0.134 e. The van der Waals surface area contributed by atoms with Crippen LogP contribution in [0.3, 0.4) is 0 Å². The van der Waals surface area contributed by atoms with Crippen LogP contribution < -0.4 is 10.5 Å². The van der Waals surface area contributed by atoms with E-state index in [2.05, 4.69) is 15.9 Å².